The minimum Gasteiger partial charge on any atom is -0.352 e. The predicted octanol–water partition coefficient (Wildman–Crippen LogP) is 4.39. The van der Waals surface area contributed by atoms with E-state index in [0.29, 0.717) is 24.8 Å². The van der Waals surface area contributed by atoms with Gasteiger partial charge in [-0.25, -0.2) is 4.39 Å². The van der Waals surface area contributed by atoms with Crippen LogP contribution in [0, 0.1) is 11.7 Å². The quantitative estimate of drug-likeness (QED) is 0.504. The summed E-state index contributed by atoms with van der Waals surface area (Å²) in [4.78, 5) is 21.9. The Morgan fingerprint density at radius 3 is 2.28 bits per heavy atom. The van der Waals surface area contributed by atoms with Crippen molar-refractivity contribution in [1.29, 1.82) is 0 Å². The highest BCUT2D eigenvalue weighted by molar-refractivity contribution is 5.78. The molecule has 0 atom stereocenters. The lowest BCUT2D eigenvalue weighted by molar-refractivity contribution is -0.126. The van der Waals surface area contributed by atoms with Crippen molar-refractivity contribution in [2.75, 3.05) is 26.2 Å². The van der Waals surface area contributed by atoms with Gasteiger partial charge in [0.15, 0.2) is 0 Å². The summed E-state index contributed by atoms with van der Waals surface area (Å²) < 4.78 is 18.5. The highest BCUT2D eigenvalue weighted by Crippen LogP contribution is 2.21. The molecule has 1 amide bonds. The summed E-state index contributed by atoms with van der Waals surface area (Å²) in [5.74, 6) is 0.843. The lowest BCUT2D eigenvalue weighted by Gasteiger charge is -2.30. The molecule has 36 heavy (non-hydrogen) atoms. The molecule has 3 aromatic rings. The number of carbonyl (C=O) groups excluding carboxylic acids is 1. The van der Waals surface area contributed by atoms with Crippen LogP contribution >= 0.6 is 0 Å². The van der Waals surface area contributed by atoms with Crippen molar-refractivity contribution in [1.82, 2.24) is 25.3 Å². The van der Waals surface area contributed by atoms with E-state index in [2.05, 4.69) is 49.5 Å². The molecule has 5 rings (SSSR count). The van der Waals surface area contributed by atoms with Gasteiger partial charge in [-0.3, -0.25) is 14.6 Å². The summed E-state index contributed by atoms with van der Waals surface area (Å²) in [6.07, 6.45) is 5.57. The van der Waals surface area contributed by atoms with Gasteiger partial charge in [0.05, 0.1) is 6.54 Å². The molecule has 3 heterocycles. The third-order valence-electron chi connectivity index (χ3n) is 7.23. The van der Waals surface area contributed by atoms with E-state index in [9.17, 15) is 9.18 Å². The van der Waals surface area contributed by atoms with Crippen molar-refractivity contribution < 1.29 is 13.7 Å². The smallest absolute Gasteiger partial charge is 0.241 e. The van der Waals surface area contributed by atoms with E-state index in [1.807, 2.05) is 0 Å². The third-order valence-corrected chi connectivity index (χ3v) is 7.23. The molecular formula is C28H34FN5O2. The van der Waals surface area contributed by atoms with Crippen LogP contribution in [0.5, 0.6) is 0 Å². The monoisotopic (exact) mass is 491 g/mol. The summed E-state index contributed by atoms with van der Waals surface area (Å²) in [5, 5.41) is 7.13. The van der Waals surface area contributed by atoms with Crippen molar-refractivity contribution in [3.63, 3.8) is 0 Å². The lowest BCUT2D eigenvalue weighted by Crippen LogP contribution is -2.40. The average molecular weight is 492 g/mol. The topological polar surface area (TPSA) is 74.5 Å². The number of hydrogen-bond donors (Lipinski definition) is 1. The predicted molar refractivity (Wildman–Crippen MR) is 135 cm³/mol. The largest absolute Gasteiger partial charge is 0.352 e. The van der Waals surface area contributed by atoms with Gasteiger partial charge >= 0.3 is 0 Å². The standard InChI is InChI=1S/C28H34FN5O2/c29-25-10-8-23(9-11-25)27-31-26(36-32-27)20-34-16-12-24(13-17-34)28(35)30-18-21-4-6-22(7-5-21)19-33-14-2-1-3-15-33/h4-11,24H,1-3,12-20H2,(H,30,35). The Morgan fingerprint density at radius 2 is 1.56 bits per heavy atom. The fraction of sp³-hybridized carbons (Fsp3) is 0.464. The van der Waals surface area contributed by atoms with E-state index in [1.54, 1.807) is 12.1 Å². The van der Waals surface area contributed by atoms with Gasteiger partial charge in [-0.2, -0.15) is 4.98 Å². The second kappa shape index (κ2) is 11.8. The first kappa shape index (κ1) is 24.6. The van der Waals surface area contributed by atoms with Crippen molar-refractivity contribution in [2.45, 2.75) is 51.7 Å². The first-order valence-electron chi connectivity index (χ1n) is 13.0. The SMILES string of the molecule is O=C(NCc1ccc(CN2CCCCC2)cc1)C1CCN(Cc2nc(-c3ccc(F)cc3)no2)CC1. The first-order chi connectivity index (χ1) is 17.6. The zero-order valence-corrected chi connectivity index (χ0v) is 20.7. The Hall–Kier alpha value is -3.10. The molecule has 1 N–H and O–H groups in total. The minimum atomic E-state index is -0.296. The summed E-state index contributed by atoms with van der Waals surface area (Å²) >= 11 is 0. The molecule has 0 radical (unpaired) electrons. The van der Waals surface area contributed by atoms with Crippen LogP contribution in [-0.2, 0) is 24.4 Å². The van der Waals surface area contributed by atoms with E-state index >= 15 is 0 Å². The molecule has 2 aromatic carbocycles. The number of nitrogens with zero attached hydrogens (tertiary/aromatic N) is 4. The number of amides is 1. The minimum absolute atomic E-state index is 0.0251. The lowest BCUT2D eigenvalue weighted by atomic mass is 9.96. The molecular weight excluding hydrogens is 457 g/mol. The molecule has 0 saturated carbocycles. The van der Waals surface area contributed by atoms with Crippen LogP contribution in [-0.4, -0.2) is 52.0 Å². The van der Waals surface area contributed by atoms with Gasteiger partial charge in [0.1, 0.15) is 5.82 Å². The molecule has 0 spiro atoms. The maximum Gasteiger partial charge on any atom is 0.241 e. The molecule has 1 aromatic heterocycles. The Balaban J connectivity index is 1.03. The van der Waals surface area contributed by atoms with Crippen LogP contribution in [0.3, 0.4) is 0 Å². The third kappa shape index (κ3) is 6.56. The van der Waals surface area contributed by atoms with Gasteiger partial charge in [-0.15, -0.1) is 0 Å². The van der Waals surface area contributed by atoms with Gasteiger partial charge in [0, 0.05) is 24.6 Å². The molecule has 7 nitrogen and oxygen atoms in total. The molecule has 0 unspecified atom stereocenters. The zero-order chi connectivity index (χ0) is 24.7. The summed E-state index contributed by atoms with van der Waals surface area (Å²) in [5.41, 5.74) is 3.19. The Labute approximate surface area is 211 Å². The van der Waals surface area contributed by atoms with Gasteiger partial charge in [0.2, 0.25) is 17.6 Å². The fourth-order valence-corrected chi connectivity index (χ4v) is 5.05. The molecule has 190 valence electrons. The number of hydrogen-bond acceptors (Lipinski definition) is 6. The number of halogens is 1. The number of rotatable bonds is 8. The fourth-order valence-electron chi connectivity index (χ4n) is 5.05. The Bertz CT molecular complexity index is 1120. The second-order valence-corrected chi connectivity index (χ2v) is 9.94. The van der Waals surface area contributed by atoms with E-state index < -0.39 is 0 Å². The Kier molecular flexibility index (Phi) is 8.03. The highest BCUT2D eigenvalue weighted by atomic mass is 19.1. The molecule has 2 aliphatic rings. The number of piperidine rings is 2. The van der Waals surface area contributed by atoms with Crippen molar-refractivity contribution >= 4 is 5.91 Å². The van der Waals surface area contributed by atoms with Gasteiger partial charge < -0.3 is 9.84 Å². The van der Waals surface area contributed by atoms with E-state index in [1.165, 1.54) is 50.0 Å². The average Bonchev–Trinajstić information content (AvgIpc) is 3.38. The maximum absolute atomic E-state index is 13.1. The molecule has 2 fully saturated rings. The number of carbonyl (C=O) groups is 1. The second-order valence-electron chi connectivity index (χ2n) is 9.94. The van der Waals surface area contributed by atoms with Crippen molar-refractivity contribution in [3.05, 3.63) is 71.4 Å². The highest BCUT2D eigenvalue weighted by Gasteiger charge is 2.26. The number of aromatic nitrogens is 2. The van der Waals surface area contributed by atoms with Gasteiger partial charge in [-0.05, 0) is 87.3 Å². The van der Waals surface area contributed by atoms with Crippen molar-refractivity contribution in [3.8, 4) is 11.4 Å². The van der Waals surface area contributed by atoms with Gasteiger partial charge in [0.25, 0.3) is 0 Å². The summed E-state index contributed by atoms with van der Waals surface area (Å²) in [6.45, 7) is 6.13. The number of nitrogens with one attached hydrogen (secondary N) is 1. The zero-order valence-electron chi connectivity index (χ0n) is 20.7. The van der Waals surface area contributed by atoms with Crippen LogP contribution < -0.4 is 5.32 Å². The van der Waals surface area contributed by atoms with Crippen molar-refractivity contribution in [2.24, 2.45) is 5.92 Å². The molecule has 0 aliphatic carbocycles. The maximum atomic E-state index is 13.1. The normalized spacial score (nSPS) is 17.8. The number of benzene rings is 2. The van der Waals surface area contributed by atoms with E-state index in [-0.39, 0.29) is 17.6 Å². The van der Waals surface area contributed by atoms with Gasteiger partial charge in [-0.1, -0.05) is 35.8 Å². The van der Waals surface area contributed by atoms with Crippen LogP contribution in [0.1, 0.15) is 49.1 Å². The van der Waals surface area contributed by atoms with E-state index in [0.717, 1.165) is 43.6 Å². The Morgan fingerprint density at radius 1 is 0.889 bits per heavy atom. The number of likely N-dealkylation sites (tertiary alicyclic amines) is 2. The molecule has 2 aliphatic heterocycles. The first-order valence-corrected chi connectivity index (χ1v) is 13.0. The van der Waals surface area contributed by atoms with Crippen LogP contribution in [0.4, 0.5) is 4.39 Å². The molecule has 8 heteroatoms. The summed E-state index contributed by atoms with van der Waals surface area (Å²) in [6, 6.07) is 14.7. The van der Waals surface area contributed by atoms with Crippen LogP contribution in [0.2, 0.25) is 0 Å². The molecule has 2 saturated heterocycles. The van der Waals surface area contributed by atoms with E-state index in [4.69, 9.17) is 4.52 Å². The van der Waals surface area contributed by atoms with Crippen LogP contribution in [0.15, 0.2) is 53.1 Å². The summed E-state index contributed by atoms with van der Waals surface area (Å²) in [7, 11) is 0. The molecule has 0 bridgehead atoms. The van der Waals surface area contributed by atoms with Crippen LogP contribution in [0.25, 0.3) is 11.4 Å².